The molecule has 2 rings (SSSR count). The standard InChI is InChI=1S/C15H31N3/c1-13(2)18-8-5-15(12-18)11-17-7-4-6-16-9-14(3)10-17/h13-16H,4-12H2,1-3H3. The van der Waals surface area contributed by atoms with E-state index in [1.165, 1.54) is 58.7 Å². The van der Waals surface area contributed by atoms with Gasteiger partial charge in [0.25, 0.3) is 0 Å². The molecule has 106 valence electrons. The van der Waals surface area contributed by atoms with Gasteiger partial charge >= 0.3 is 0 Å². The largest absolute Gasteiger partial charge is 0.316 e. The molecule has 18 heavy (non-hydrogen) atoms. The molecule has 0 aromatic carbocycles. The lowest BCUT2D eigenvalue weighted by atomic mass is 10.1. The van der Waals surface area contributed by atoms with Crippen molar-refractivity contribution in [1.82, 2.24) is 15.1 Å². The molecule has 0 saturated carbocycles. The fraction of sp³-hybridized carbons (Fsp3) is 1.00. The first kappa shape index (κ1) is 14.3. The van der Waals surface area contributed by atoms with Crippen molar-refractivity contribution in [2.24, 2.45) is 11.8 Å². The SMILES string of the molecule is CC1CNCCCN(CC2CCN(C(C)C)C2)C1. The second-order valence-electron chi connectivity index (χ2n) is 6.67. The number of nitrogens with one attached hydrogen (secondary N) is 1. The van der Waals surface area contributed by atoms with Crippen molar-refractivity contribution in [3.63, 3.8) is 0 Å². The first-order valence-electron chi connectivity index (χ1n) is 7.82. The summed E-state index contributed by atoms with van der Waals surface area (Å²) >= 11 is 0. The maximum absolute atomic E-state index is 3.54. The number of hydrogen-bond donors (Lipinski definition) is 1. The van der Waals surface area contributed by atoms with Crippen LogP contribution in [-0.4, -0.2) is 61.7 Å². The van der Waals surface area contributed by atoms with E-state index in [-0.39, 0.29) is 0 Å². The predicted molar refractivity (Wildman–Crippen MR) is 77.9 cm³/mol. The normalized spacial score (nSPS) is 32.7. The summed E-state index contributed by atoms with van der Waals surface area (Å²) in [4.78, 5) is 5.36. The molecule has 2 aliphatic heterocycles. The second kappa shape index (κ2) is 6.88. The quantitative estimate of drug-likeness (QED) is 0.825. The van der Waals surface area contributed by atoms with Crippen LogP contribution >= 0.6 is 0 Å². The van der Waals surface area contributed by atoms with Crippen LogP contribution in [0.5, 0.6) is 0 Å². The van der Waals surface area contributed by atoms with E-state index in [4.69, 9.17) is 0 Å². The van der Waals surface area contributed by atoms with Gasteiger partial charge in [-0.1, -0.05) is 6.92 Å². The number of likely N-dealkylation sites (tertiary alicyclic amines) is 1. The Kier molecular flexibility index (Phi) is 5.46. The third kappa shape index (κ3) is 4.22. The number of hydrogen-bond acceptors (Lipinski definition) is 3. The third-order valence-electron chi connectivity index (χ3n) is 4.45. The molecule has 2 unspecified atom stereocenters. The Morgan fingerprint density at radius 3 is 2.78 bits per heavy atom. The van der Waals surface area contributed by atoms with Crippen molar-refractivity contribution in [3.8, 4) is 0 Å². The van der Waals surface area contributed by atoms with Crippen LogP contribution in [0.4, 0.5) is 0 Å². The average molecular weight is 253 g/mol. The fourth-order valence-corrected chi connectivity index (χ4v) is 3.38. The molecular weight excluding hydrogens is 222 g/mol. The summed E-state index contributed by atoms with van der Waals surface area (Å²) in [5, 5.41) is 3.54. The van der Waals surface area contributed by atoms with E-state index in [0.29, 0.717) is 0 Å². The van der Waals surface area contributed by atoms with Gasteiger partial charge in [-0.05, 0) is 64.7 Å². The number of nitrogens with zero attached hydrogens (tertiary/aromatic N) is 2. The topological polar surface area (TPSA) is 18.5 Å². The van der Waals surface area contributed by atoms with Crippen molar-refractivity contribution < 1.29 is 0 Å². The van der Waals surface area contributed by atoms with Crippen LogP contribution in [0.1, 0.15) is 33.6 Å². The third-order valence-corrected chi connectivity index (χ3v) is 4.45. The van der Waals surface area contributed by atoms with E-state index in [1.807, 2.05) is 0 Å². The number of rotatable bonds is 3. The van der Waals surface area contributed by atoms with Crippen LogP contribution < -0.4 is 5.32 Å². The van der Waals surface area contributed by atoms with E-state index in [1.54, 1.807) is 0 Å². The molecule has 0 amide bonds. The van der Waals surface area contributed by atoms with Crippen molar-refractivity contribution >= 4 is 0 Å². The molecule has 0 bridgehead atoms. The Morgan fingerprint density at radius 1 is 1.22 bits per heavy atom. The van der Waals surface area contributed by atoms with Gasteiger partial charge in [-0.25, -0.2) is 0 Å². The summed E-state index contributed by atoms with van der Waals surface area (Å²) in [6.45, 7) is 15.9. The molecule has 0 radical (unpaired) electrons. The van der Waals surface area contributed by atoms with Crippen LogP contribution in [0.15, 0.2) is 0 Å². The molecule has 2 aliphatic rings. The Labute approximate surface area is 113 Å². The minimum Gasteiger partial charge on any atom is -0.316 e. The van der Waals surface area contributed by atoms with E-state index < -0.39 is 0 Å². The Bertz CT molecular complexity index is 242. The summed E-state index contributed by atoms with van der Waals surface area (Å²) < 4.78 is 0. The zero-order valence-corrected chi connectivity index (χ0v) is 12.5. The van der Waals surface area contributed by atoms with E-state index in [2.05, 4.69) is 35.9 Å². The van der Waals surface area contributed by atoms with Crippen LogP contribution in [0.3, 0.4) is 0 Å². The molecule has 3 nitrogen and oxygen atoms in total. The average Bonchev–Trinajstić information content (AvgIpc) is 2.74. The fourth-order valence-electron chi connectivity index (χ4n) is 3.38. The van der Waals surface area contributed by atoms with Gasteiger partial charge in [0.05, 0.1) is 0 Å². The Balaban J connectivity index is 1.77. The molecule has 1 N–H and O–H groups in total. The summed E-state index contributed by atoms with van der Waals surface area (Å²) in [5.74, 6) is 1.71. The zero-order valence-electron chi connectivity index (χ0n) is 12.5. The van der Waals surface area contributed by atoms with E-state index in [0.717, 1.165) is 17.9 Å². The highest BCUT2D eigenvalue weighted by Gasteiger charge is 2.26. The smallest absolute Gasteiger partial charge is 0.00387 e. The van der Waals surface area contributed by atoms with Crippen LogP contribution in [0.2, 0.25) is 0 Å². The maximum Gasteiger partial charge on any atom is 0.00387 e. The van der Waals surface area contributed by atoms with Crippen molar-refractivity contribution in [2.45, 2.75) is 39.7 Å². The minimum absolute atomic E-state index is 0.727. The monoisotopic (exact) mass is 253 g/mol. The first-order valence-corrected chi connectivity index (χ1v) is 7.82. The van der Waals surface area contributed by atoms with Gasteiger partial charge in [-0.2, -0.15) is 0 Å². The van der Waals surface area contributed by atoms with Crippen LogP contribution in [-0.2, 0) is 0 Å². The molecule has 2 atom stereocenters. The van der Waals surface area contributed by atoms with Crippen LogP contribution in [0.25, 0.3) is 0 Å². The van der Waals surface area contributed by atoms with Crippen molar-refractivity contribution in [2.75, 3.05) is 45.8 Å². The van der Waals surface area contributed by atoms with Crippen LogP contribution in [0, 0.1) is 11.8 Å². The first-order chi connectivity index (χ1) is 8.65. The molecule has 0 aliphatic carbocycles. The van der Waals surface area contributed by atoms with E-state index in [9.17, 15) is 0 Å². The van der Waals surface area contributed by atoms with E-state index >= 15 is 0 Å². The van der Waals surface area contributed by atoms with Gasteiger partial charge in [0.15, 0.2) is 0 Å². The van der Waals surface area contributed by atoms with Gasteiger partial charge < -0.3 is 15.1 Å². The lowest BCUT2D eigenvalue weighted by molar-refractivity contribution is 0.181. The van der Waals surface area contributed by atoms with Gasteiger partial charge in [-0.3, -0.25) is 0 Å². The minimum atomic E-state index is 0.727. The highest BCUT2D eigenvalue weighted by Crippen LogP contribution is 2.20. The lowest BCUT2D eigenvalue weighted by Gasteiger charge is -2.31. The van der Waals surface area contributed by atoms with Gasteiger partial charge in [0, 0.05) is 25.7 Å². The Morgan fingerprint density at radius 2 is 2.06 bits per heavy atom. The molecular formula is C15H31N3. The maximum atomic E-state index is 3.54. The highest BCUT2D eigenvalue weighted by atomic mass is 15.2. The molecule has 3 heteroatoms. The Hall–Kier alpha value is -0.120. The van der Waals surface area contributed by atoms with Crippen molar-refractivity contribution in [1.29, 1.82) is 0 Å². The van der Waals surface area contributed by atoms with Gasteiger partial charge in [0.2, 0.25) is 0 Å². The molecule has 2 fully saturated rings. The molecule has 0 aromatic heterocycles. The van der Waals surface area contributed by atoms with Gasteiger partial charge in [0.1, 0.15) is 0 Å². The second-order valence-corrected chi connectivity index (χ2v) is 6.67. The summed E-state index contributed by atoms with van der Waals surface area (Å²) in [5.41, 5.74) is 0. The van der Waals surface area contributed by atoms with Gasteiger partial charge in [-0.15, -0.1) is 0 Å². The van der Waals surface area contributed by atoms with Crippen molar-refractivity contribution in [3.05, 3.63) is 0 Å². The summed E-state index contributed by atoms with van der Waals surface area (Å²) in [6.07, 6.45) is 2.72. The molecule has 0 aromatic rings. The molecule has 0 spiro atoms. The summed E-state index contributed by atoms with van der Waals surface area (Å²) in [7, 11) is 0. The lowest BCUT2D eigenvalue weighted by Crippen LogP contribution is -2.41. The zero-order chi connectivity index (χ0) is 13.0. The highest BCUT2D eigenvalue weighted by molar-refractivity contribution is 4.81. The molecule has 2 heterocycles. The molecule has 2 saturated heterocycles. The predicted octanol–water partition coefficient (Wildman–Crippen LogP) is 1.65. The summed E-state index contributed by atoms with van der Waals surface area (Å²) in [6, 6.07) is 0.727.